The lowest BCUT2D eigenvalue weighted by atomic mass is 9.91. The largest absolute Gasteiger partial charge is 0.504 e. The van der Waals surface area contributed by atoms with Gasteiger partial charge in [0.2, 0.25) is 5.75 Å². The number of fused-ring (bicyclic) bond motifs is 1. The summed E-state index contributed by atoms with van der Waals surface area (Å²) in [6.07, 6.45) is -3.68. The summed E-state index contributed by atoms with van der Waals surface area (Å²) in [7, 11) is 1.40. The Morgan fingerprint density at radius 3 is 2.39 bits per heavy atom. The maximum Gasteiger partial charge on any atom is 0.200 e. The summed E-state index contributed by atoms with van der Waals surface area (Å²) in [6.45, 7) is 0. The molecule has 122 valence electrons. The van der Waals surface area contributed by atoms with E-state index >= 15 is 0 Å². The third-order valence-corrected chi connectivity index (χ3v) is 3.87. The average Bonchev–Trinajstić information content (AvgIpc) is 2.54. The van der Waals surface area contributed by atoms with Crippen LogP contribution in [0.25, 0.3) is 0 Å². The number of methoxy groups -OCH3 is 1. The van der Waals surface area contributed by atoms with E-state index < -0.39 is 29.8 Å². The fraction of sp³-hybridized carbons (Fsp3) is 0.250. The van der Waals surface area contributed by atoms with Crippen LogP contribution >= 0.6 is 0 Å². The number of aromatic hydroxyl groups is 3. The van der Waals surface area contributed by atoms with Crippen LogP contribution in [0.3, 0.4) is 0 Å². The minimum Gasteiger partial charge on any atom is -0.504 e. The van der Waals surface area contributed by atoms with E-state index in [1.807, 2.05) is 0 Å². The van der Waals surface area contributed by atoms with Crippen molar-refractivity contribution in [3.8, 4) is 28.7 Å². The molecular weight excluding hydrogens is 304 g/mol. The predicted octanol–water partition coefficient (Wildman–Crippen LogP) is 1.34. The highest BCUT2D eigenvalue weighted by atomic mass is 16.5. The van der Waals surface area contributed by atoms with Gasteiger partial charge in [-0.1, -0.05) is 6.07 Å². The lowest BCUT2D eigenvalue weighted by Gasteiger charge is -2.34. The van der Waals surface area contributed by atoms with Gasteiger partial charge in [0, 0.05) is 5.56 Å². The van der Waals surface area contributed by atoms with Crippen molar-refractivity contribution >= 4 is 0 Å². The summed E-state index contributed by atoms with van der Waals surface area (Å²) in [4.78, 5) is 0. The second kappa shape index (κ2) is 5.53. The van der Waals surface area contributed by atoms with Crippen LogP contribution < -0.4 is 9.47 Å². The number of phenols is 3. The van der Waals surface area contributed by atoms with E-state index in [2.05, 4.69) is 0 Å². The predicted molar refractivity (Wildman–Crippen MR) is 78.8 cm³/mol. The van der Waals surface area contributed by atoms with E-state index in [-0.39, 0.29) is 22.8 Å². The zero-order valence-corrected chi connectivity index (χ0v) is 12.2. The van der Waals surface area contributed by atoms with Gasteiger partial charge >= 0.3 is 0 Å². The lowest BCUT2D eigenvalue weighted by Crippen LogP contribution is -2.34. The maximum atomic E-state index is 10.3. The van der Waals surface area contributed by atoms with Gasteiger partial charge in [-0.2, -0.15) is 0 Å². The first-order valence-corrected chi connectivity index (χ1v) is 6.88. The second-order valence-electron chi connectivity index (χ2n) is 5.26. The molecule has 3 rings (SSSR count). The van der Waals surface area contributed by atoms with Crippen molar-refractivity contribution in [2.24, 2.45) is 0 Å². The highest BCUT2D eigenvalue weighted by Crippen LogP contribution is 2.49. The first-order valence-electron chi connectivity index (χ1n) is 6.88. The zero-order valence-electron chi connectivity index (χ0n) is 12.2. The van der Waals surface area contributed by atoms with E-state index in [1.165, 1.54) is 31.4 Å². The summed E-state index contributed by atoms with van der Waals surface area (Å²) >= 11 is 0. The summed E-state index contributed by atoms with van der Waals surface area (Å²) in [6, 6.07) is 6.95. The van der Waals surface area contributed by atoms with Gasteiger partial charge in [-0.05, 0) is 29.8 Å². The summed E-state index contributed by atoms with van der Waals surface area (Å²) in [5.74, 6) is -0.926. The third-order valence-electron chi connectivity index (χ3n) is 3.87. The lowest BCUT2D eigenvalue weighted by molar-refractivity contribution is -0.0710. The molecule has 1 aliphatic heterocycles. The highest BCUT2D eigenvalue weighted by Gasteiger charge is 2.39. The molecule has 5 N–H and O–H groups in total. The van der Waals surface area contributed by atoms with Crippen LogP contribution in [0, 0.1) is 0 Å². The fourth-order valence-electron chi connectivity index (χ4n) is 2.63. The van der Waals surface area contributed by atoms with Gasteiger partial charge < -0.3 is 35.0 Å². The van der Waals surface area contributed by atoms with Crippen LogP contribution in [0.2, 0.25) is 0 Å². The zero-order chi connectivity index (χ0) is 16.7. The van der Waals surface area contributed by atoms with Gasteiger partial charge in [0.25, 0.3) is 0 Å². The van der Waals surface area contributed by atoms with Crippen LogP contribution in [0.1, 0.15) is 23.3 Å². The maximum absolute atomic E-state index is 10.3. The SMILES string of the molecule is COc1ccc(C2Oc3c(ccc(O)c3O)C(O)C2O)cc1O. The highest BCUT2D eigenvalue weighted by molar-refractivity contribution is 5.56. The summed E-state index contributed by atoms with van der Waals surface area (Å²) < 4.78 is 10.5. The number of aliphatic hydroxyl groups excluding tert-OH is 2. The summed E-state index contributed by atoms with van der Waals surface area (Å²) in [5, 5.41) is 49.9. The van der Waals surface area contributed by atoms with Gasteiger partial charge in [-0.3, -0.25) is 0 Å². The topological polar surface area (TPSA) is 120 Å². The molecule has 3 atom stereocenters. The fourth-order valence-corrected chi connectivity index (χ4v) is 2.63. The first kappa shape index (κ1) is 15.3. The van der Waals surface area contributed by atoms with Crippen molar-refractivity contribution in [1.82, 2.24) is 0 Å². The number of ether oxygens (including phenoxy) is 2. The van der Waals surface area contributed by atoms with Crippen molar-refractivity contribution in [3.63, 3.8) is 0 Å². The van der Waals surface area contributed by atoms with E-state index in [1.54, 1.807) is 6.07 Å². The number of aliphatic hydroxyl groups is 2. The average molecular weight is 320 g/mol. The van der Waals surface area contributed by atoms with E-state index in [4.69, 9.17) is 9.47 Å². The van der Waals surface area contributed by atoms with Crippen LogP contribution in [0.4, 0.5) is 0 Å². The van der Waals surface area contributed by atoms with Crippen molar-refractivity contribution < 1.29 is 35.0 Å². The Morgan fingerprint density at radius 1 is 1.00 bits per heavy atom. The molecule has 0 spiro atoms. The molecule has 1 aliphatic rings. The van der Waals surface area contributed by atoms with Crippen LogP contribution in [-0.4, -0.2) is 38.7 Å². The Labute approximate surface area is 131 Å². The van der Waals surface area contributed by atoms with E-state index in [0.29, 0.717) is 5.56 Å². The Bertz CT molecular complexity index is 743. The molecule has 0 saturated heterocycles. The Morgan fingerprint density at radius 2 is 1.74 bits per heavy atom. The quantitative estimate of drug-likeness (QED) is 0.530. The molecule has 0 saturated carbocycles. The normalized spacial score (nSPS) is 23.0. The summed E-state index contributed by atoms with van der Waals surface area (Å²) in [5.41, 5.74) is 0.546. The molecule has 2 aromatic rings. The van der Waals surface area contributed by atoms with Crippen LogP contribution in [-0.2, 0) is 0 Å². The minimum absolute atomic E-state index is 0.108. The van der Waals surface area contributed by atoms with E-state index in [9.17, 15) is 25.5 Å². The Kier molecular flexibility index (Phi) is 3.67. The third kappa shape index (κ3) is 2.39. The molecule has 1 heterocycles. The van der Waals surface area contributed by atoms with Gasteiger partial charge in [0.15, 0.2) is 29.1 Å². The molecule has 7 heteroatoms. The standard InChI is InChI=1S/C16H16O7/c1-22-11-5-2-7(6-10(11)18)15-14(21)12(19)8-3-4-9(17)13(20)16(8)23-15/h2-6,12,14-15,17-21H,1H3. The molecule has 0 fully saturated rings. The number of hydrogen-bond donors (Lipinski definition) is 5. The molecule has 2 aromatic carbocycles. The molecule has 7 nitrogen and oxygen atoms in total. The van der Waals surface area contributed by atoms with Gasteiger partial charge in [-0.15, -0.1) is 0 Å². The monoisotopic (exact) mass is 320 g/mol. The smallest absolute Gasteiger partial charge is 0.200 e. The second-order valence-corrected chi connectivity index (χ2v) is 5.26. The number of rotatable bonds is 2. The van der Waals surface area contributed by atoms with Crippen molar-refractivity contribution in [2.75, 3.05) is 7.11 Å². The minimum atomic E-state index is -1.32. The Hall–Kier alpha value is -2.64. The van der Waals surface area contributed by atoms with Crippen molar-refractivity contribution in [2.45, 2.75) is 18.3 Å². The van der Waals surface area contributed by atoms with Crippen molar-refractivity contribution in [3.05, 3.63) is 41.5 Å². The van der Waals surface area contributed by atoms with Crippen molar-refractivity contribution in [1.29, 1.82) is 0 Å². The molecule has 0 amide bonds. The van der Waals surface area contributed by atoms with Gasteiger partial charge in [0.1, 0.15) is 12.2 Å². The van der Waals surface area contributed by atoms with Crippen LogP contribution in [0.15, 0.2) is 30.3 Å². The van der Waals surface area contributed by atoms with Crippen LogP contribution in [0.5, 0.6) is 28.7 Å². The van der Waals surface area contributed by atoms with E-state index in [0.717, 1.165) is 0 Å². The molecule has 0 bridgehead atoms. The first-order chi connectivity index (χ1) is 10.9. The Balaban J connectivity index is 2.04. The van der Waals surface area contributed by atoms with Gasteiger partial charge in [-0.25, -0.2) is 0 Å². The van der Waals surface area contributed by atoms with Gasteiger partial charge in [0.05, 0.1) is 7.11 Å². The molecule has 0 radical (unpaired) electrons. The number of benzene rings is 2. The molecule has 0 aliphatic carbocycles. The molecule has 23 heavy (non-hydrogen) atoms. The number of phenolic OH excluding ortho intramolecular Hbond substituents is 3. The molecule has 3 unspecified atom stereocenters. The number of hydrogen-bond acceptors (Lipinski definition) is 7. The molecular formula is C16H16O7. The molecule has 0 aromatic heterocycles.